The molecule has 0 aliphatic heterocycles. The molecule has 2 rings (SSSR count). The number of hydrogen-bond acceptors (Lipinski definition) is 4. The fraction of sp³-hybridized carbons (Fsp3) is 0.526. The Bertz CT molecular complexity index is 626. The van der Waals surface area contributed by atoms with Gasteiger partial charge in [-0.15, -0.1) is 0 Å². The lowest BCUT2D eigenvalue weighted by Gasteiger charge is -2.22. The first-order valence-electron chi connectivity index (χ1n) is 8.74. The molecule has 1 aromatic carbocycles. The zero-order chi connectivity index (χ0) is 18.2. The van der Waals surface area contributed by atoms with Gasteiger partial charge in [-0.25, -0.2) is 0 Å². The zero-order valence-corrected chi connectivity index (χ0v) is 15.2. The van der Waals surface area contributed by atoms with Gasteiger partial charge >= 0.3 is 5.97 Å². The van der Waals surface area contributed by atoms with Crippen molar-refractivity contribution in [2.45, 2.75) is 64.0 Å². The third kappa shape index (κ3) is 6.50. The van der Waals surface area contributed by atoms with Crippen molar-refractivity contribution in [3.8, 4) is 0 Å². The van der Waals surface area contributed by atoms with Gasteiger partial charge in [0.1, 0.15) is 0 Å². The lowest BCUT2D eigenvalue weighted by Crippen LogP contribution is -2.36. The Morgan fingerprint density at radius 1 is 1.20 bits per heavy atom. The maximum absolute atomic E-state index is 12.2. The Morgan fingerprint density at radius 3 is 2.60 bits per heavy atom. The van der Waals surface area contributed by atoms with Crippen molar-refractivity contribution < 1.29 is 19.1 Å². The number of carbonyl (C=O) groups excluding carboxylic acids is 3. The third-order valence-electron chi connectivity index (χ3n) is 4.31. The molecule has 5 nitrogen and oxygen atoms in total. The van der Waals surface area contributed by atoms with Crippen LogP contribution in [0.3, 0.4) is 0 Å². The Balaban J connectivity index is 1.73. The molecule has 0 aromatic heterocycles. The van der Waals surface area contributed by atoms with Crippen LogP contribution in [0.4, 0.5) is 0 Å². The highest BCUT2D eigenvalue weighted by atomic mass is 35.5. The summed E-state index contributed by atoms with van der Waals surface area (Å²) in [4.78, 5) is 36.0. The number of esters is 1. The third-order valence-corrected chi connectivity index (χ3v) is 4.55. The number of halogens is 1. The van der Waals surface area contributed by atoms with E-state index in [1.165, 1.54) is 19.4 Å². The van der Waals surface area contributed by atoms with E-state index in [1.54, 1.807) is 18.2 Å². The van der Waals surface area contributed by atoms with Crippen LogP contribution in [0.1, 0.15) is 62.2 Å². The molecule has 1 aliphatic carbocycles. The van der Waals surface area contributed by atoms with Gasteiger partial charge in [-0.05, 0) is 31.9 Å². The lowest BCUT2D eigenvalue weighted by molar-refractivity contribution is -0.147. The SMILES string of the molecule is C[C@H](OC(=O)CCC(=O)NC1CCCCC1)C(=O)c1cccc(Cl)c1. The van der Waals surface area contributed by atoms with Crippen LogP contribution in [0.25, 0.3) is 0 Å². The molecule has 1 atom stereocenters. The number of ether oxygens (including phenoxy) is 1. The van der Waals surface area contributed by atoms with Crippen molar-refractivity contribution in [3.05, 3.63) is 34.9 Å². The molecule has 25 heavy (non-hydrogen) atoms. The topological polar surface area (TPSA) is 72.5 Å². The number of amides is 1. The van der Waals surface area contributed by atoms with Crippen LogP contribution in [0.2, 0.25) is 5.02 Å². The Hall–Kier alpha value is -1.88. The number of nitrogens with one attached hydrogen (secondary N) is 1. The average molecular weight is 366 g/mol. The molecule has 0 spiro atoms. The summed E-state index contributed by atoms with van der Waals surface area (Å²) in [6, 6.07) is 6.71. The predicted molar refractivity (Wildman–Crippen MR) is 95.6 cm³/mol. The molecule has 1 fully saturated rings. The van der Waals surface area contributed by atoms with Crippen LogP contribution in [0.15, 0.2) is 24.3 Å². The minimum absolute atomic E-state index is 0.0360. The second kappa shape index (κ2) is 9.56. The maximum atomic E-state index is 12.2. The Labute approximate surface area is 153 Å². The molecule has 6 heteroatoms. The molecule has 0 heterocycles. The molecule has 1 amide bonds. The monoisotopic (exact) mass is 365 g/mol. The molecule has 1 N–H and O–H groups in total. The highest BCUT2D eigenvalue weighted by Gasteiger charge is 2.21. The second-order valence-corrected chi connectivity index (χ2v) is 6.85. The molecule has 0 saturated heterocycles. The van der Waals surface area contributed by atoms with E-state index in [9.17, 15) is 14.4 Å². The predicted octanol–water partition coefficient (Wildman–Crippen LogP) is 3.68. The first kappa shape index (κ1) is 19.4. The normalized spacial score (nSPS) is 16.1. The van der Waals surface area contributed by atoms with Crippen molar-refractivity contribution >= 4 is 29.3 Å². The van der Waals surface area contributed by atoms with E-state index < -0.39 is 12.1 Å². The molecule has 136 valence electrons. The summed E-state index contributed by atoms with van der Waals surface area (Å²) in [5.41, 5.74) is 0.392. The Morgan fingerprint density at radius 2 is 1.92 bits per heavy atom. The highest BCUT2D eigenvalue weighted by Crippen LogP contribution is 2.17. The van der Waals surface area contributed by atoms with Gasteiger partial charge in [0.25, 0.3) is 0 Å². The van der Waals surface area contributed by atoms with E-state index in [2.05, 4.69) is 5.32 Å². The second-order valence-electron chi connectivity index (χ2n) is 6.41. The summed E-state index contributed by atoms with van der Waals surface area (Å²) in [7, 11) is 0. The lowest BCUT2D eigenvalue weighted by atomic mass is 9.95. The molecular formula is C19H24ClNO4. The Kier molecular flexibility index (Phi) is 7.44. The van der Waals surface area contributed by atoms with Crippen molar-refractivity contribution in [2.75, 3.05) is 0 Å². The van der Waals surface area contributed by atoms with E-state index >= 15 is 0 Å². The largest absolute Gasteiger partial charge is 0.454 e. The van der Waals surface area contributed by atoms with Crippen LogP contribution in [0, 0.1) is 0 Å². The number of hydrogen-bond donors (Lipinski definition) is 1. The van der Waals surface area contributed by atoms with E-state index in [0.717, 1.165) is 25.7 Å². The van der Waals surface area contributed by atoms with Crippen molar-refractivity contribution in [1.29, 1.82) is 0 Å². The fourth-order valence-corrected chi connectivity index (χ4v) is 3.14. The zero-order valence-electron chi connectivity index (χ0n) is 14.4. The van der Waals surface area contributed by atoms with Crippen molar-refractivity contribution in [3.63, 3.8) is 0 Å². The van der Waals surface area contributed by atoms with Gasteiger partial charge in [0, 0.05) is 23.0 Å². The van der Waals surface area contributed by atoms with Gasteiger partial charge in [-0.3, -0.25) is 14.4 Å². The maximum Gasteiger partial charge on any atom is 0.307 e. The summed E-state index contributed by atoms with van der Waals surface area (Å²) >= 11 is 5.86. The smallest absolute Gasteiger partial charge is 0.307 e. The summed E-state index contributed by atoms with van der Waals surface area (Å²) in [5.74, 6) is -1.01. The molecule has 0 unspecified atom stereocenters. The summed E-state index contributed by atoms with van der Waals surface area (Å²) in [6.07, 6.45) is 4.62. The first-order valence-corrected chi connectivity index (χ1v) is 9.12. The van der Waals surface area contributed by atoms with Gasteiger partial charge in [0.05, 0.1) is 6.42 Å². The quantitative estimate of drug-likeness (QED) is 0.591. The highest BCUT2D eigenvalue weighted by molar-refractivity contribution is 6.31. The summed E-state index contributed by atoms with van der Waals surface area (Å²) in [5, 5.41) is 3.40. The average Bonchev–Trinajstić information content (AvgIpc) is 2.60. The molecular weight excluding hydrogens is 342 g/mol. The molecule has 1 aromatic rings. The van der Waals surface area contributed by atoms with Gasteiger partial charge in [0.15, 0.2) is 6.10 Å². The van der Waals surface area contributed by atoms with Crippen LogP contribution in [-0.2, 0) is 14.3 Å². The van der Waals surface area contributed by atoms with E-state index in [0.29, 0.717) is 10.6 Å². The van der Waals surface area contributed by atoms with Crippen LogP contribution >= 0.6 is 11.6 Å². The van der Waals surface area contributed by atoms with Crippen molar-refractivity contribution in [2.24, 2.45) is 0 Å². The van der Waals surface area contributed by atoms with Crippen LogP contribution in [0.5, 0.6) is 0 Å². The van der Waals surface area contributed by atoms with E-state index in [4.69, 9.17) is 16.3 Å². The van der Waals surface area contributed by atoms with Crippen molar-refractivity contribution in [1.82, 2.24) is 5.32 Å². The fourth-order valence-electron chi connectivity index (χ4n) is 2.95. The molecule has 1 aliphatic rings. The molecule has 1 saturated carbocycles. The van der Waals surface area contributed by atoms with Crippen LogP contribution in [-0.4, -0.2) is 29.8 Å². The van der Waals surface area contributed by atoms with Crippen LogP contribution < -0.4 is 5.32 Å². The number of carbonyl (C=O) groups is 3. The van der Waals surface area contributed by atoms with E-state index in [-0.39, 0.29) is 30.6 Å². The number of rotatable bonds is 7. The minimum atomic E-state index is -0.910. The standard InChI is InChI=1S/C19H24ClNO4/c1-13(19(24)14-6-5-7-15(20)12-14)25-18(23)11-10-17(22)21-16-8-3-2-4-9-16/h5-7,12-13,16H,2-4,8-11H2,1H3,(H,21,22)/t13-/m0/s1. The summed E-state index contributed by atoms with van der Waals surface area (Å²) in [6.45, 7) is 1.52. The number of Topliss-reactive ketones (excluding diaryl/α,β-unsaturated/α-hetero) is 1. The van der Waals surface area contributed by atoms with Gasteiger partial charge in [-0.2, -0.15) is 0 Å². The number of ketones is 1. The molecule has 0 radical (unpaired) electrons. The molecule has 0 bridgehead atoms. The first-order chi connectivity index (χ1) is 12.0. The van der Waals surface area contributed by atoms with Gasteiger partial charge in [0.2, 0.25) is 11.7 Å². The van der Waals surface area contributed by atoms with E-state index in [1.807, 2.05) is 0 Å². The van der Waals surface area contributed by atoms with Gasteiger partial charge < -0.3 is 10.1 Å². The van der Waals surface area contributed by atoms with Gasteiger partial charge in [-0.1, -0.05) is 43.0 Å². The number of benzene rings is 1. The minimum Gasteiger partial charge on any atom is -0.454 e. The summed E-state index contributed by atoms with van der Waals surface area (Å²) < 4.78 is 5.14.